The summed E-state index contributed by atoms with van der Waals surface area (Å²) in [6.45, 7) is 1.27. The normalized spacial score (nSPS) is 11.7. The molecule has 1 aromatic carbocycles. The number of hydrogen-bond donors (Lipinski definition) is 3. The highest BCUT2D eigenvalue weighted by Gasteiger charge is 2.14. The van der Waals surface area contributed by atoms with Gasteiger partial charge in [0, 0.05) is 11.8 Å². The smallest absolute Gasteiger partial charge is 0.325 e. The van der Waals surface area contributed by atoms with Crippen molar-refractivity contribution in [2.45, 2.75) is 13.0 Å². The Kier molecular flexibility index (Phi) is 3.97. The number of nitrogens with one attached hydrogen (secondary N) is 2. The molecule has 0 aromatic heterocycles. The van der Waals surface area contributed by atoms with Crippen LogP contribution in [0.25, 0.3) is 0 Å². The molecule has 0 aliphatic heterocycles. The predicted octanol–water partition coefficient (Wildman–Crippen LogP) is 1.56. The van der Waals surface area contributed by atoms with Crippen LogP contribution in [0.4, 0.5) is 19.3 Å². The number of halogens is 2. The van der Waals surface area contributed by atoms with E-state index in [4.69, 9.17) is 5.11 Å². The summed E-state index contributed by atoms with van der Waals surface area (Å²) in [5, 5.41) is 12.8. The van der Waals surface area contributed by atoms with Crippen LogP contribution in [-0.4, -0.2) is 23.1 Å². The molecule has 0 heterocycles. The summed E-state index contributed by atoms with van der Waals surface area (Å²) in [5.41, 5.74) is 0.0268. The maximum absolute atomic E-state index is 12.8. The fraction of sp³-hybridized carbons (Fsp3) is 0.200. The van der Waals surface area contributed by atoms with Crippen molar-refractivity contribution in [1.82, 2.24) is 5.32 Å². The molecule has 0 radical (unpaired) electrons. The monoisotopic (exact) mass is 244 g/mol. The molecule has 1 atom stereocenters. The van der Waals surface area contributed by atoms with E-state index in [0.29, 0.717) is 0 Å². The largest absolute Gasteiger partial charge is 0.480 e. The minimum Gasteiger partial charge on any atom is -0.480 e. The van der Waals surface area contributed by atoms with E-state index in [1.54, 1.807) is 0 Å². The fourth-order valence-electron chi connectivity index (χ4n) is 0.999. The zero-order chi connectivity index (χ0) is 13.0. The van der Waals surface area contributed by atoms with Crippen LogP contribution in [0.2, 0.25) is 0 Å². The van der Waals surface area contributed by atoms with Crippen LogP contribution in [-0.2, 0) is 4.79 Å². The molecule has 1 aromatic rings. The number of carboxylic acids is 1. The van der Waals surface area contributed by atoms with Crippen LogP contribution in [0.5, 0.6) is 0 Å². The fourth-order valence-corrected chi connectivity index (χ4v) is 0.999. The highest BCUT2D eigenvalue weighted by Crippen LogP contribution is 2.12. The maximum atomic E-state index is 12.8. The lowest BCUT2D eigenvalue weighted by molar-refractivity contribution is -0.138. The van der Waals surface area contributed by atoms with Crippen molar-refractivity contribution in [3.8, 4) is 0 Å². The minimum atomic E-state index is -1.20. The third kappa shape index (κ3) is 3.71. The van der Waals surface area contributed by atoms with Crippen molar-refractivity contribution in [3.05, 3.63) is 29.8 Å². The average molecular weight is 244 g/mol. The van der Waals surface area contributed by atoms with Crippen molar-refractivity contribution in [2.75, 3.05) is 5.32 Å². The quantitative estimate of drug-likeness (QED) is 0.755. The van der Waals surface area contributed by atoms with Gasteiger partial charge in [0.2, 0.25) is 0 Å². The number of benzene rings is 1. The number of carboxylic acid groups (broad SMARTS) is 1. The molecule has 0 saturated carbocycles. The van der Waals surface area contributed by atoms with E-state index in [2.05, 4.69) is 10.6 Å². The zero-order valence-corrected chi connectivity index (χ0v) is 8.83. The number of amides is 2. The van der Waals surface area contributed by atoms with Crippen LogP contribution in [0.1, 0.15) is 6.92 Å². The van der Waals surface area contributed by atoms with Gasteiger partial charge in [-0.25, -0.2) is 13.6 Å². The Hall–Kier alpha value is -2.18. The van der Waals surface area contributed by atoms with Crippen molar-refractivity contribution < 1.29 is 23.5 Å². The maximum Gasteiger partial charge on any atom is 0.325 e. The van der Waals surface area contributed by atoms with Crippen LogP contribution < -0.4 is 10.6 Å². The van der Waals surface area contributed by atoms with Crippen LogP contribution >= 0.6 is 0 Å². The number of anilines is 1. The van der Waals surface area contributed by atoms with Crippen LogP contribution in [0.3, 0.4) is 0 Å². The summed E-state index contributed by atoms with van der Waals surface area (Å²) in [4.78, 5) is 21.7. The molecule has 0 fully saturated rings. The molecule has 17 heavy (non-hydrogen) atoms. The molecular formula is C10H10F2N2O3. The molecule has 0 unspecified atom stereocenters. The molecule has 5 nitrogen and oxygen atoms in total. The first-order valence-electron chi connectivity index (χ1n) is 4.65. The molecule has 92 valence electrons. The second-order valence-corrected chi connectivity index (χ2v) is 3.29. The first-order valence-corrected chi connectivity index (χ1v) is 4.65. The highest BCUT2D eigenvalue weighted by molar-refractivity contribution is 5.92. The third-order valence-electron chi connectivity index (χ3n) is 1.90. The number of carbonyl (C=O) groups is 2. The second kappa shape index (κ2) is 5.24. The summed E-state index contributed by atoms with van der Waals surface area (Å²) in [7, 11) is 0. The Balaban J connectivity index is 2.62. The van der Waals surface area contributed by atoms with E-state index < -0.39 is 29.7 Å². The van der Waals surface area contributed by atoms with Crippen molar-refractivity contribution in [1.29, 1.82) is 0 Å². The van der Waals surface area contributed by atoms with Crippen LogP contribution in [0, 0.1) is 11.6 Å². The van der Waals surface area contributed by atoms with Crippen LogP contribution in [0.15, 0.2) is 18.2 Å². The summed E-state index contributed by atoms with van der Waals surface area (Å²) in [6, 6.07) is 0.904. The van der Waals surface area contributed by atoms with Gasteiger partial charge in [-0.05, 0) is 19.1 Å². The molecule has 0 spiro atoms. The van der Waals surface area contributed by atoms with Gasteiger partial charge in [0.1, 0.15) is 6.04 Å². The van der Waals surface area contributed by atoms with Gasteiger partial charge in [-0.15, -0.1) is 0 Å². The Bertz CT molecular complexity index is 451. The molecule has 0 aliphatic rings. The first-order chi connectivity index (χ1) is 7.90. The summed E-state index contributed by atoms with van der Waals surface area (Å²) in [6.07, 6.45) is 0. The number of aliphatic carboxylic acids is 1. The molecule has 0 bridgehead atoms. The van der Waals surface area contributed by atoms with Crippen molar-refractivity contribution >= 4 is 17.7 Å². The summed E-state index contributed by atoms with van der Waals surface area (Å²) < 4.78 is 25.4. The number of rotatable bonds is 3. The second-order valence-electron chi connectivity index (χ2n) is 3.29. The van der Waals surface area contributed by atoms with E-state index >= 15 is 0 Å². The molecular weight excluding hydrogens is 234 g/mol. The number of urea groups is 1. The SMILES string of the molecule is C[C@@H](NC(=O)Nc1ccc(F)c(F)c1)C(=O)O. The lowest BCUT2D eigenvalue weighted by Crippen LogP contribution is -2.40. The molecule has 7 heteroatoms. The number of carbonyl (C=O) groups excluding carboxylic acids is 1. The Morgan fingerprint density at radius 1 is 1.29 bits per heavy atom. The van der Waals surface area contributed by atoms with Gasteiger partial charge >= 0.3 is 12.0 Å². The number of hydrogen-bond acceptors (Lipinski definition) is 2. The molecule has 0 saturated heterocycles. The van der Waals surface area contributed by atoms with Gasteiger partial charge in [-0.3, -0.25) is 4.79 Å². The van der Waals surface area contributed by atoms with Gasteiger partial charge in [0.25, 0.3) is 0 Å². The molecule has 3 N–H and O–H groups in total. The first kappa shape index (κ1) is 12.9. The molecule has 2 amide bonds. The zero-order valence-electron chi connectivity index (χ0n) is 8.83. The van der Waals surface area contributed by atoms with Gasteiger partial charge in [-0.2, -0.15) is 0 Å². The Labute approximate surface area is 95.4 Å². The van der Waals surface area contributed by atoms with Gasteiger partial charge in [-0.1, -0.05) is 0 Å². The average Bonchev–Trinajstić information content (AvgIpc) is 2.23. The van der Waals surface area contributed by atoms with Gasteiger partial charge in [0.05, 0.1) is 0 Å². The topological polar surface area (TPSA) is 78.4 Å². The lowest BCUT2D eigenvalue weighted by atomic mass is 10.3. The van der Waals surface area contributed by atoms with E-state index in [0.717, 1.165) is 18.2 Å². The minimum absolute atomic E-state index is 0.0268. The van der Waals surface area contributed by atoms with Crippen molar-refractivity contribution in [2.24, 2.45) is 0 Å². The van der Waals surface area contributed by atoms with Crippen molar-refractivity contribution in [3.63, 3.8) is 0 Å². The Morgan fingerprint density at radius 2 is 1.94 bits per heavy atom. The predicted molar refractivity (Wildman–Crippen MR) is 55.6 cm³/mol. The van der Waals surface area contributed by atoms with Gasteiger partial charge < -0.3 is 15.7 Å². The van der Waals surface area contributed by atoms with E-state index in [9.17, 15) is 18.4 Å². The molecule has 1 rings (SSSR count). The van der Waals surface area contributed by atoms with Gasteiger partial charge in [0.15, 0.2) is 11.6 Å². The summed E-state index contributed by atoms with van der Waals surface area (Å²) in [5.74, 6) is -3.34. The van der Waals surface area contributed by atoms with E-state index in [1.165, 1.54) is 6.92 Å². The molecule has 0 aliphatic carbocycles. The highest BCUT2D eigenvalue weighted by atomic mass is 19.2. The summed E-state index contributed by atoms with van der Waals surface area (Å²) >= 11 is 0. The Morgan fingerprint density at radius 3 is 2.47 bits per heavy atom. The van der Waals surface area contributed by atoms with E-state index in [-0.39, 0.29) is 5.69 Å². The van der Waals surface area contributed by atoms with E-state index in [1.807, 2.05) is 0 Å². The lowest BCUT2D eigenvalue weighted by Gasteiger charge is -2.10. The standard InChI is InChI=1S/C10H10F2N2O3/c1-5(9(15)16)13-10(17)14-6-2-3-7(11)8(12)4-6/h2-5H,1H3,(H,15,16)(H2,13,14,17)/t5-/m1/s1. The third-order valence-corrected chi connectivity index (χ3v) is 1.90.